The van der Waals surface area contributed by atoms with Crippen LogP contribution in [0.3, 0.4) is 0 Å². The molecule has 0 aromatic heterocycles. The van der Waals surface area contributed by atoms with E-state index in [0.717, 1.165) is 31.7 Å². The number of hydrogen-bond acceptors (Lipinski definition) is 2. The fraction of sp³-hybridized carbons (Fsp3) is 0.333. The first-order valence-corrected chi connectivity index (χ1v) is 11.1. The lowest BCUT2D eigenvalue weighted by Crippen LogP contribution is -2.27. The maximum atomic E-state index is 14.7. The monoisotopic (exact) mass is 456 g/mol. The van der Waals surface area contributed by atoms with Gasteiger partial charge in [0.2, 0.25) is 0 Å². The fourth-order valence-corrected chi connectivity index (χ4v) is 3.91. The number of unbranched alkanes of at least 4 members (excludes halogenated alkanes) is 2. The van der Waals surface area contributed by atoms with Crippen LogP contribution in [0.4, 0.5) is 17.6 Å². The van der Waals surface area contributed by atoms with Gasteiger partial charge in [0.25, 0.3) is 0 Å². The Kier molecular flexibility index (Phi) is 7.32. The number of halogens is 4. The van der Waals surface area contributed by atoms with Gasteiger partial charge in [0.1, 0.15) is 11.6 Å². The van der Waals surface area contributed by atoms with Gasteiger partial charge in [-0.1, -0.05) is 50.2 Å². The van der Waals surface area contributed by atoms with Crippen molar-refractivity contribution in [3.05, 3.63) is 82.4 Å². The summed E-state index contributed by atoms with van der Waals surface area (Å²) in [5, 5.41) is 0.555. The standard InChI is InChI=1S/C27H24F4O2/c1-2-3-4-5-18-15-32-27(33-16-18)20-13-24(29)22(25(30)14-20)10-7-17-6-9-21-19(12-17)8-11-23(28)26(21)31/h6,8-9,11-14,18,27H,2-5,15-16H2,1H3. The van der Waals surface area contributed by atoms with Crippen LogP contribution in [0.1, 0.15) is 55.6 Å². The van der Waals surface area contributed by atoms with Crippen LogP contribution < -0.4 is 0 Å². The molecule has 0 saturated carbocycles. The molecule has 6 heteroatoms. The SMILES string of the molecule is CCCCCC1COC(c2cc(F)c(C#Cc3ccc4c(F)c(F)ccc4c3)c(F)c2)OC1. The summed E-state index contributed by atoms with van der Waals surface area (Å²) >= 11 is 0. The summed E-state index contributed by atoms with van der Waals surface area (Å²) < 4.78 is 67.9. The minimum Gasteiger partial charge on any atom is -0.348 e. The highest BCUT2D eigenvalue weighted by Crippen LogP contribution is 2.29. The lowest BCUT2D eigenvalue weighted by molar-refractivity contribution is -0.206. The molecule has 3 aromatic carbocycles. The Balaban J connectivity index is 1.48. The molecule has 1 aliphatic rings. The summed E-state index contributed by atoms with van der Waals surface area (Å²) in [7, 11) is 0. The number of benzene rings is 3. The number of rotatable bonds is 5. The van der Waals surface area contributed by atoms with Gasteiger partial charge in [-0.25, -0.2) is 17.6 Å². The summed E-state index contributed by atoms with van der Waals surface area (Å²) in [5.41, 5.74) is 0.313. The zero-order valence-electron chi connectivity index (χ0n) is 18.3. The first-order chi connectivity index (χ1) is 16.0. The van der Waals surface area contributed by atoms with E-state index in [0.29, 0.717) is 30.1 Å². The first-order valence-electron chi connectivity index (χ1n) is 11.1. The lowest BCUT2D eigenvalue weighted by Gasteiger charge is -2.29. The molecule has 0 radical (unpaired) electrons. The quantitative estimate of drug-likeness (QED) is 0.233. The molecule has 0 atom stereocenters. The molecule has 3 aromatic rings. The van der Waals surface area contributed by atoms with Gasteiger partial charge in [0.15, 0.2) is 17.9 Å². The number of ether oxygens (including phenoxy) is 2. The molecule has 0 N–H and O–H groups in total. The summed E-state index contributed by atoms with van der Waals surface area (Å²) in [5.74, 6) is 1.97. The number of fused-ring (bicyclic) bond motifs is 1. The van der Waals surface area contributed by atoms with E-state index in [-0.39, 0.29) is 16.5 Å². The molecule has 0 unspecified atom stereocenters. The van der Waals surface area contributed by atoms with Crippen LogP contribution in [0.25, 0.3) is 10.8 Å². The highest BCUT2D eigenvalue weighted by Gasteiger charge is 2.25. The molecule has 0 amide bonds. The smallest absolute Gasteiger partial charge is 0.184 e. The molecule has 33 heavy (non-hydrogen) atoms. The Morgan fingerprint density at radius 3 is 2.27 bits per heavy atom. The van der Waals surface area contributed by atoms with Crippen molar-refractivity contribution in [2.24, 2.45) is 5.92 Å². The van der Waals surface area contributed by atoms with E-state index in [1.54, 1.807) is 0 Å². The normalized spacial score (nSPS) is 18.2. The van der Waals surface area contributed by atoms with E-state index in [9.17, 15) is 17.6 Å². The zero-order valence-corrected chi connectivity index (χ0v) is 18.3. The van der Waals surface area contributed by atoms with Crippen molar-refractivity contribution < 1.29 is 27.0 Å². The van der Waals surface area contributed by atoms with Crippen molar-refractivity contribution in [2.45, 2.75) is 38.9 Å². The van der Waals surface area contributed by atoms with E-state index in [1.165, 1.54) is 36.4 Å². The molecule has 1 heterocycles. The average molecular weight is 456 g/mol. The predicted molar refractivity (Wildman–Crippen MR) is 118 cm³/mol. The fourth-order valence-electron chi connectivity index (χ4n) is 3.91. The van der Waals surface area contributed by atoms with Gasteiger partial charge >= 0.3 is 0 Å². The molecule has 1 fully saturated rings. The molecule has 1 saturated heterocycles. The second-order valence-electron chi connectivity index (χ2n) is 8.27. The first kappa shape index (κ1) is 23.3. The molecule has 0 aliphatic carbocycles. The van der Waals surface area contributed by atoms with Crippen molar-refractivity contribution in [3.63, 3.8) is 0 Å². The lowest BCUT2D eigenvalue weighted by atomic mass is 10.0. The number of hydrogen-bond donors (Lipinski definition) is 0. The molecule has 0 bridgehead atoms. The Morgan fingerprint density at radius 1 is 0.848 bits per heavy atom. The van der Waals surface area contributed by atoms with Gasteiger partial charge in [-0.15, -0.1) is 0 Å². The average Bonchev–Trinajstić information content (AvgIpc) is 2.81. The molecule has 172 valence electrons. The van der Waals surface area contributed by atoms with Crippen molar-refractivity contribution in [2.75, 3.05) is 13.2 Å². The molecule has 1 aliphatic heterocycles. The molecule has 2 nitrogen and oxygen atoms in total. The van der Waals surface area contributed by atoms with Gasteiger partial charge < -0.3 is 9.47 Å². The van der Waals surface area contributed by atoms with Crippen LogP contribution in [-0.4, -0.2) is 13.2 Å². The highest BCUT2D eigenvalue weighted by atomic mass is 19.2. The van der Waals surface area contributed by atoms with Crippen molar-refractivity contribution >= 4 is 10.8 Å². The van der Waals surface area contributed by atoms with Crippen molar-refractivity contribution in [3.8, 4) is 11.8 Å². The van der Waals surface area contributed by atoms with E-state index in [4.69, 9.17) is 9.47 Å². The summed E-state index contributed by atoms with van der Waals surface area (Å²) in [6.07, 6.45) is 3.61. The third-order valence-electron chi connectivity index (χ3n) is 5.76. The third-order valence-corrected chi connectivity index (χ3v) is 5.76. The van der Waals surface area contributed by atoms with Crippen LogP contribution >= 0.6 is 0 Å². The largest absolute Gasteiger partial charge is 0.348 e. The van der Waals surface area contributed by atoms with Crippen LogP contribution in [0.15, 0.2) is 42.5 Å². The van der Waals surface area contributed by atoms with Crippen LogP contribution in [-0.2, 0) is 9.47 Å². The Labute approximate surface area is 190 Å². The summed E-state index contributed by atoms with van der Waals surface area (Å²) in [6.45, 7) is 3.13. The van der Waals surface area contributed by atoms with Crippen molar-refractivity contribution in [1.29, 1.82) is 0 Å². The Hall–Kier alpha value is -2.88. The topological polar surface area (TPSA) is 18.5 Å². The van der Waals surface area contributed by atoms with Crippen molar-refractivity contribution in [1.82, 2.24) is 0 Å². The van der Waals surface area contributed by atoms with Gasteiger partial charge in [-0.2, -0.15) is 0 Å². The van der Waals surface area contributed by atoms with E-state index in [1.807, 2.05) is 0 Å². The Bertz CT molecular complexity index is 1180. The van der Waals surface area contributed by atoms with Crippen LogP contribution in [0.2, 0.25) is 0 Å². The van der Waals surface area contributed by atoms with E-state index >= 15 is 0 Å². The summed E-state index contributed by atoms with van der Waals surface area (Å²) in [4.78, 5) is 0. The minimum atomic E-state index is -0.945. The van der Waals surface area contributed by atoms with E-state index in [2.05, 4.69) is 18.8 Å². The van der Waals surface area contributed by atoms with Gasteiger partial charge in [0.05, 0.1) is 18.8 Å². The van der Waals surface area contributed by atoms with Crippen LogP contribution in [0, 0.1) is 41.0 Å². The maximum absolute atomic E-state index is 14.7. The minimum absolute atomic E-state index is 0.113. The second-order valence-corrected chi connectivity index (χ2v) is 8.27. The van der Waals surface area contributed by atoms with Gasteiger partial charge in [-0.05, 0) is 42.1 Å². The third kappa shape index (κ3) is 5.38. The second kappa shape index (κ2) is 10.4. The van der Waals surface area contributed by atoms with Gasteiger partial charge in [-0.3, -0.25) is 0 Å². The highest BCUT2D eigenvalue weighted by molar-refractivity contribution is 5.84. The Morgan fingerprint density at radius 2 is 1.58 bits per heavy atom. The van der Waals surface area contributed by atoms with Gasteiger partial charge in [0, 0.05) is 22.4 Å². The zero-order chi connectivity index (χ0) is 23.4. The van der Waals surface area contributed by atoms with Crippen LogP contribution in [0.5, 0.6) is 0 Å². The summed E-state index contributed by atoms with van der Waals surface area (Å²) in [6, 6.07) is 9.20. The molecular formula is C27H24F4O2. The molecule has 4 rings (SSSR count). The van der Waals surface area contributed by atoms with E-state index < -0.39 is 29.6 Å². The predicted octanol–water partition coefficient (Wildman–Crippen LogP) is 7.04. The molecular weight excluding hydrogens is 432 g/mol. The maximum Gasteiger partial charge on any atom is 0.184 e. The molecule has 0 spiro atoms.